The Morgan fingerprint density at radius 1 is 1.22 bits per heavy atom. The highest BCUT2D eigenvalue weighted by molar-refractivity contribution is 7.19. The Kier molecular flexibility index (Phi) is 6.70. The van der Waals surface area contributed by atoms with Crippen molar-refractivity contribution < 1.29 is 14.3 Å². The van der Waals surface area contributed by atoms with Crippen LogP contribution in [0.1, 0.15) is 44.9 Å². The zero-order chi connectivity index (χ0) is 25.4. The van der Waals surface area contributed by atoms with Crippen LogP contribution in [0, 0.1) is 5.92 Å². The lowest BCUT2D eigenvalue weighted by atomic mass is 9.99. The van der Waals surface area contributed by atoms with Gasteiger partial charge in [0.25, 0.3) is 0 Å². The Morgan fingerprint density at radius 3 is 2.81 bits per heavy atom. The van der Waals surface area contributed by atoms with Gasteiger partial charge in [-0.1, -0.05) is 35.1 Å². The van der Waals surface area contributed by atoms with Gasteiger partial charge < -0.3 is 9.64 Å². The van der Waals surface area contributed by atoms with Gasteiger partial charge in [0.1, 0.15) is 5.60 Å². The van der Waals surface area contributed by atoms with Crippen molar-refractivity contribution >= 4 is 40.1 Å². The van der Waals surface area contributed by atoms with E-state index >= 15 is 0 Å². The average Bonchev–Trinajstić information content (AvgIpc) is 3.44. The number of nitrogens with one attached hydrogen (secondary N) is 1. The highest BCUT2D eigenvalue weighted by Crippen LogP contribution is 2.39. The molecule has 2 aromatic heterocycles. The van der Waals surface area contributed by atoms with E-state index in [1.54, 1.807) is 4.90 Å². The molecule has 1 aliphatic carbocycles. The van der Waals surface area contributed by atoms with Gasteiger partial charge in [0.05, 0.1) is 27.7 Å². The maximum atomic E-state index is 12.9. The van der Waals surface area contributed by atoms with Crippen molar-refractivity contribution in [3.8, 4) is 22.0 Å². The Bertz CT molecular complexity index is 1320. The normalized spacial score (nSPS) is 16.9. The lowest BCUT2D eigenvalue weighted by molar-refractivity contribution is -0.155. The Labute approximate surface area is 219 Å². The number of ether oxygens (including phenoxy) is 1. The number of esters is 1. The summed E-state index contributed by atoms with van der Waals surface area (Å²) in [6.45, 7) is 6.69. The first-order valence-electron chi connectivity index (χ1n) is 12.0. The number of hydrogen-bond donors (Lipinski definition) is 1. The predicted octanol–water partition coefficient (Wildman–Crippen LogP) is 5.60. The lowest BCUT2D eigenvalue weighted by Gasteiger charge is -2.21. The molecule has 10 heteroatoms. The standard InChI is InChI=1S/C26H28ClN5O3S/c1-26(2,3)35-20(33)12-15-10-11-32(14-15)25(34)31-24-29-19-9-8-16-13-28-23(30-21(16)22(19)36-24)17-6-4-5-7-18(17)27/h4-7,13,15H,8-12,14H2,1-3H3,(H,29,31,34)/t15-/m1/s1. The van der Waals surface area contributed by atoms with Crippen molar-refractivity contribution in [2.45, 2.75) is 52.1 Å². The molecule has 5 rings (SSSR count). The summed E-state index contributed by atoms with van der Waals surface area (Å²) in [7, 11) is 0. The second kappa shape index (κ2) is 9.78. The van der Waals surface area contributed by atoms with Gasteiger partial charge in [0, 0.05) is 24.8 Å². The molecule has 1 aromatic carbocycles. The summed E-state index contributed by atoms with van der Waals surface area (Å²) in [5.74, 6) is 0.445. The predicted molar refractivity (Wildman–Crippen MR) is 140 cm³/mol. The number of rotatable bonds is 4. The van der Waals surface area contributed by atoms with Gasteiger partial charge in [0.2, 0.25) is 0 Å². The number of carbonyl (C=O) groups excluding carboxylic acids is 2. The third-order valence-corrected chi connectivity index (χ3v) is 7.53. The molecule has 2 amide bonds. The zero-order valence-corrected chi connectivity index (χ0v) is 22.1. The minimum absolute atomic E-state index is 0.0990. The number of aromatic nitrogens is 3. The smallest absolute Gasteiger partial charge is 0.323 e. The number of aryl methyl sites for hydroxylation is 2. The van der Waals surface area contributed by atoms with Crippen molar-refractivity contribution in [1.82, 2.24) is 19.9 Å². The third-order valence-electron chi connectivity index (χ3n) is 6.19. The second-order valence-corrected chi connectivity index (χ2v) is 11.6. The first kappa shape index (κ1) is 24.6. The largest absolute Gasteiger partial charge is 0.460 e. The fraction of sp³-hybridized carbons (Fsp3) is 0.423. The van der Waals surface area contributed by atoms with E-state index in [4.69, 9.17) is 21.3 Å². The van der Waals surface area contributed by atoms with Crippen molar-refractivity contribution in [3.63, 3.8) is 0 Å². The first-order valence-corrected chi connectivity index (χ1v) is 13.2. The van der Waals surface area contributed by atoms with Gasteiger partial charge in [-0.2, -0.15) is 0 Å². The number of likely N-dealkylation sites (tertiary alicyclic amines) is 1. The molecule has 1 N–H and O–H groups in total. The van der Waals surface area contributed by atoms with E-state index in [1.165, 1.54) is 11.3 Å². The van der Waals surface area contributed by atoms with E-state index in [0.29, 0.717) is 35.5 Å². The van der Waals surface area contributed by atoms with Crippen LogP contribution < -0.4 is 5.32 Å². The van der Waals surface area contributed by atoms with Crippen LogP contribution in [0.3, 0.4) is 0 Å². The number of benzene rings is 1. The quantitative estimate of drug-likeness (QED) is 0.445. The molecule has 0 unspecified atom stereocenters. The fourth-order valence-electron chi connectivity index (χ4n) is 4.54. The molecule has 8 nitrogen and oxygen atoms in total. The lowest BCUT2D eigenvalue weighted by Crippen LogP contribution is -2.33. The summed E-state index contributed by atoms with van der Waals surface area (Å²) in [5.41, 5.74) is 3.11. The average molecular weight is 526 g/mol. The summed E-state index contributed by atoms with van der Waals surface area (Å²) in [5, 5.41) is 4.10. The Balaban J connectivity index is 1.27. The van der Waals surface area contributed by atoms with E-state index < -0.39 is 5.60 Å². The molecule has 0 bridgehead atoms. The number of urea groups is 1. The molecule has 3 aromatic rings. The van der Waals surface area contributed by atoms with Gasteiger partial charge in [-0.05, 0) is 63.6 Å². The molecular weight excluding hydrogens is 498 g/mol. The highest BCUT2D eigenvalue weighted by atomic mass is 35.5. The summed E-state index contributed by atoms with van der Waals surface area (Å²) in [6.07, 6.45) is 4.51. The maximum absolute atomic E-state index is 12.9. The Morgan fingerprint density at radius 2 is 2.03 bits per heavy atom. The van der Waals surface area contributed by atoms with Crippen LogP contribution in [0.4, 0.5) is 9.93 Å². The molecule has 0 saturated carbocycles. The summed E-state index contributed by atoms with van der Waals surface area (Å²) < 4.78 is 5.43. The topological polar surface area (TPSA) is 97.3 Å². The van der Waals surface area contributed by atoms with E-state index in [1.807, 2.05) is 51.2 Å². The number of thiazole rings is 1. The molecule has 1 fully saturated rings. The summed E-state index contributed by atoms with van der Waals surface area (Å²) >= 11 is 7.79. The van der Waals surface area contributed by atoms with Crippen molar-refractivity contribution in [2.75, 3.05) is 18.4 Å². The van der Waals surface area contributed by atoms with Gasteiger partial charge in [0.15, 0.2) is 11.0 Å². The number of carbonyl (C=O) groups is 2. The van der Waals surface area contributed by atoms with Crippen molar-refractivity contribution in [2.24, 2.45) is 5.92 Å². The van der Waals surface area contributed by atoms with E-state index in [2.05, 4.69) is 15.3 Å². The van der Waals surface area contributed by atoms with E-state index in [9.17, 15) is 9.59 Å². The van der Waals surface area contributed by atoms with Crippen LogP contribution in [0.15, 0.2) is 30.5 Å². The van der Waals surface area contributed by atoms with Crippen LogP contribution in [-0.2, 0) is 22.4 Å². The first-order chi connectivity index (χ1) is 17.2. The van der Waals surface area contributed by atoms with E-state index in [-0.39, 0.29) is 17.9 Å². The van der Waals surface area contributed by atoms with Gasteiger partial charge in [-0.15, -0.1) is 0 Å². The molecule has 0 radical (unpaired) electrons. The number of halogens is 1. The summed E-state index contributed by atoms with van der Waals surface area (Å²) in [4.78, 5) is 41.8. The van der Waals surface area contributed by atoms with E-state index in [0.717, 1.165) is 46.7 Å². The highest BCUT2D eigenvalue weighted by Gasteiger charge is 2.31. The third kappa shape index (κ3) is 5.37. The molecule has 36 heavy (non-hydrogen) atoms. The minimum atomic E-state index is -0.506. The van der Waals surface area contributed by atoms with Crippen molar-refractivity contribution in [3.05, 3.63) is 46.7 Å². The van der Waals surface area contributed by atoms with Crippen LogP contribution in [0.25, 0.3) is 22.0 Å². The fourth-order valence-corrected chi connectivity index (χ4v) is 5.79. The molecule has 188 valence electrons. The molecule has 1 aliphatic heterocycles. The SMILES string of the molecule is CC(C)(C)OC(=O)C[C@H]1CCN(C(=O)Nc2nc3c(s2)-c2nc(-c4ccccc4Cl)ncc2CC3)C1. The monoisotopic (exact) mass is 525 g/mol. The molecular formula is C26H28ClN5O3S. The Hall–Kier alpha value is -3.04. The number of amides is 2. The van der Waals surface area contributed by atoms with Gasteiger partial charge in [-0.3, -0.25) is 10.1 Å². The number of anilines is 1. The number of hydrogen-bond acceptors (Lipinski definition) is 7. The van der Waals surface area contributed by atoms with Crippen LogP contribution in [0.2, 0.25) is 5.02 Å². The molecule has 0 spiro atoms. The molecule has 1 saturated heterocycles. The van der Waals surface area contributed by atoms with Gasteiger partial charge in [-0.25, -0.2) is 19.7 Å². The minimum Gasteiger partial charge on any atom is -0.460 e. The summed E-state index contributed by atoms with van der Waals surface area (Å²) in [6, 6.07) is 7.31. The van der Waals surface area contributed by atoms with Crippen molar-refractivity contribution in [1.29, 1.82) is 0 Å². The number of nitrogens with zero attached hydrogens (tertiary/aromatic N) is 4. The number of fused-ring (bicyclic) bond motifs is 3. The zero-order valence-electron chi connectivity index (χ0n) is 20.5. The van der Waals surface area contributed by atoms with Crippen LogP contribution >= 0.6 is 22.9 Å². The maximum Gasteiger partial charge on any atom is 0.323 e. The van der Waals surface area contributed by atoms with Crippen LogP contribution in [0.5, 0.6) is 0 Å². The van der Waals surface area contributed by atoms with Crippen LogP contribution in [-0.4, -0.2) is 50.5 Å². The second-order valence-electron chi connectivity index (χ2n) is 10.2. The van der Waals surface area contributed by atoms with Gasteiger partial charge >= 0.3 is 12.0 Å². The molecule has 2 aliphatic rings. The molecule has 1 atom stereocenters. The molecule has 3 heterocycles.